The van der Waals surface area contributed by atoms with Gasteiger partial charge in [0, 0.05) is 10.6 Å². The summed E-state index contributed by atoms with van der Waals surface area (Å²) in [5, 5.41) is 9.05. The molecule has 0 aliphatic heterocycles. The SMILES string of the molecule is CCC(C)c1ccc(SCC(C)(C)C(=O)O)cc1. The van der Waals surface area contributed by atoms with Crippen molar-refractivity contribution in [2.45, 2.75) is 44.9 Å². The minimum absolute atomic E-state index is 0.583. The molecule has 100 valence electrons. The first kappa shape index (κ1) is 15.1. The van der Waals surface area contributed by atoms with Gasteiger partial charge < -0.3 is 5.11 Å². The molecule has 1 rings (SSSR count). The average Bonchev–Trinajstić information content (AvgIpc) is 2.36. The first-order valence-electron chi connectivity index (χ1n) is 6.33. The molecule has 2 nitrogen and oxygen atoms in total. The minimum atomic E-state index is -0.744. The highest BCUT2D eigenvalue weighted by molar-refractivity contribution is 7.99. The zero-order chi connectivity index (χ0) is 13.8. The Balaban J connectivity index is 2.62. The predicted molar refractivity (Wildman–Crippen MR) is 77.3 cm³/mol. The minimum Gasteiger partial charge on any atom is -0.481 e. The second kappa shape index (κ2) is 6.28. The zero-order valence-corrected chi connectivity index (χ0v) is 12.4. The summed E-state index contributed by atoms with van der Waals surface area (Å²) >= 11 is 1.60. The molecule has 1 aromatic rings. The molecule has 3 heteroatoms. The van der Waals surface area contributed by atoms with E-state index in [2.05, 4.69) is 38.1 Å². The van der Waals surface area contributed by atoms with Crippen molar-refractivity contribution in [1.29, 1.82) is 0 Å². The van der Waals surface area contributed by atoms with E-state index in [1.165, 1.54) is 5.56 Å². The molecular formula is C15H22O2S. The third kappa shape index (κ3) is 4.05. The van der Waals surface area contributed by atoms with Crippen molar-refractivity contribution in [1.82, 2.24) is 0 Å². The molecule has 0 saturated heterocycles. The van der Waals surface area contributed by atoms with Gasteiger partial charge in [-0.15, -0.1) is 11.8 Å². The van der Waals surface area contributed by atoms with Crippen LogP contribution < -0.4 is 0 Å². The van der Waals surface area contributed by atoms with Gasteiger partial charge in [-0.05, 0) is 43.9 Å². The quantitative estimate of drug-likeness (QED) is 0.775. The van der Waals surface area contributed by atoms with Crippen LogP contribution in [0, 0.1) is 5.41 Å². The first-order valence-corrected chi connectivity index (χ1v) is 7.31. The molecule has 0 fully saturated rings. The maximum Gasteiger partial charge on any atom is 0.309 e. The van der Waals surface area contributed by atoms with Crippen LogP contribution >= 0.6 is 11.8 Å². The third-order valence-electron chi connectivity index (χ3n) is 3.24. The normalized spacial score (nSPS) is 13.3. The number of carboxylic acids is 1. The lowest BCUT2D eigenvalue weighted by atomic mass is 9.97. The average molecular weight is 266 g/mol. The van der Waals surface area contributed by atoms with E-state index in [9.17, 15) is 4.79 Å². The smallest absolute Gasteiger partial charge is 0.309 e. The Morgan fingerprint density at radius 2 is 1.89 bits per heavy atom. The Morgan fingerprint density at radius 1 is 1.33 bits per heavy atom. The van der Waals surface area contributed by atoms with Gasteiger partial charge >= 0.3 is 5.97 Å². The lowest BCUT2D eigenvalue weighted by molar-refractivity contribution is -0.145. The summed E-state index contributed by atoms with van der Waals surface area (Å²) < 4.78 is 0. The Bertz CT molecular complexity index is 395. The van der Waals surface area contributed by atoms with E-state index in [-0.39, 0.29) is 0 Å². The highest BCUT2D eigenvalue weighted by atomic mass is 32.2. The van der Waals surface area contributed by atoms with Crippen LogP contribution in [-0.4, -0.2) is 16.8 Å². The first-order chi connectivity index (χ1) is 8.36. The summed E-state index contributed by atoms with van der Waals surface area (Å²) in [6, 6.07) is 8.46. The van der Waals surface area contributed by atoms with E-state index < -0.39 is 11.4 Å². The Labute approximate surface area is 114 Å². The summed E-state index contributed by atoms with van der Waals surface area (Å²) in [5.74, 6) is 0.427. The molecule has 0 aliphatic carbocycles. The largest absolute Gasteiger partial charge is 0.481 e. The molecule has 1 N–H and O–H groups in total. The van der Waals surface area contributed by atoms with Gasteiger partial charge in [0.15, 0.2) is 0 Å². The van der Waals surface area contributed by atoms with Gasteiger partial charge in [-0.2, -0.15) is 0 Å². The molecule has 1 atom stereocenters. The summed E-state index contributed by atoms with van der Waals surface area (Å²) in [4.78, 5) is 12.1. The molecule has 1 aromatic carbocycles. The zero-order valence-electron chi connectivity index (χ0n) is 11.6. The molecule has 1 unspecified atom stereocenters. The summed E-state index contributed by atoms with van der Waals surface area (Å²) in [6.45, 7) is 7.92. The van der Waals surface area contributed by atoms with Crippen LogP contribution in [-0.2, 0) is 4.79 Å². The van der Waals surface area contributed by atoms with Crippen LogP contribution in [0.4, 0.5) is 0 Å². The van der Waals surface area contributed by atoms with Crippen molar-refractivity contribution in [3.8, 4) is 0 Å². The number of carboxylic acid groups (broad SMARTS) is 1. The van der Waals surface area contributed by atoms with Crippen molar-refractivity contribution in [3.05, 3.63) is 29.8 Å². The number of benzene rings is 1. The van der Waals surface area contributed by atoms with Gasteiger partial charge in [-0.25, -0.2) is 0 Å². The monoisotopic (exact) mass is 266 g/mol. The fourth-order valence-corrected chi connectivity index (χ4v) is 2.43. The number of thioether (sulfide) groups is 1. The van der Waals surface area contributed by atoms with E-state index in [1.54, 1.807) is 25.6 Å². The summed E-state index contributed by atoms with van der Waals surface area (Å²) in [5.41, 5.74) is 0.666. The third-order valence-corrected chi connectivity index (χ3v) is 4.71. The topological polar surface area (TPSA) is 37.3 Å². The molecule has 0 aliphatic rings. The van der Waals surface area contributed by atoms with Crippen molar-refractivity contribution in [2.75, 3.05) is 5.75 Å². The Kier molecular flexibility index (Phi) is 5.27. The molecule has 0 radical (unpaired) electrons. The number of hydrogen-bond donors (Lipinski definition) is 1. The molecule has 0 amide bonds. The van der Waals surface area contributed by atoms with Gasteiger partial charge in [-0.3, -0.25) is 4.79 Å². The van der Waals surface area contributed by atoms with Gasteiger partial charge in [0.05, 0.1) is 5.41 Å². The van der Waals surface area contributed by atoms with Crippen molar-refractivity contribution < 1.29 is 9.90 Å². The number of hydrogen-bond acceptors (Lipinski definition) is 2. The molecule has 0 saturated carbocycles. The molecule has 18 heavy (non-hydrogen) atoms. The molecule has 0 aromatic heterocycles. The van der Waals surface area contributed by atoms with E-state index in [4.69, 9.17) is 5.11 Å². The maximum absolute atomic E-state index is 11.0. The van der Waals surface area contributed by atoms with Gasteiger partial charge in [0.2, 0.25) is 0 Å². The van der Waals surface area contributed by atoms with Crippen LogP contribution in [0.3, 0.4) is 0 Å². The van der Waals surface area contributed by atoms with E-state index in [1.807, 2.05) is 0 Å². The van der Waals surface area contributed by atoms with Crippen molar-refractivity contribution >= 4 is 17.7 Å². The van der Waals surface area contributed by atoms with Crippen molar-refractivity contribution in [3.63, 3.8) is 0 Å². The molecule has 0 heterocycles. The van der Waals surface area contributed by atoms with E-state index in [0.717, 1.165) is 11.3 Å². The van der Waals surface area contributed by atoms with E-state index >= 15 is 0 Å². The van der Waals surface area contributed by atoms with Crippen molar-refractivity contribution in [2.24, 2.45) is 5.41 Å². The number of carbonyl (C=O) groups is 1. The van der Waals surface area contributed by atoms with Crippen LogP contribution in [0.2, 0.25) is 0 Å². The second-order valence-corrected chi connectivity index (χ2v) is 6.40. The lowest BCUT2D eigenvalue weighted by Crippen LogP contribution is -2.26. The molecule has 0 spiro atoms. The maximum atomic E-state index is 11.0. The Hall–Kier alpha value is -0.960. The van der Waals surface area contributed by atoms with E-state index in [0.29, 0.717) is 11.7 Å². The molecule has 0 bridgehead atoms. The van der Waals surface area contributed by atoms with Crippen LogP contribution in [0.5, 0.6) is 0 Å². The predicted octanol–water partition coefficient (Wildman–Crippen LogP) is 4.40. The highest BCUT2D eigenvalue weighted by Crippen LogP contribution is 2.29. The number of rotatable bonds is 6. The van der Waals surface area contributed by atoms with Crippen LogP contribution in [0.25, 0.3) is 0 Å². The fourth-order valence-electron chi connectivity index (χ4n) is 1.45. The summed E-state index contributed by atoms with van der Waals surface area (Å²) in [6.07, 6.45) is 1.14. The molecular weight excluding hydrogens is 244 g/mol. The second-order valence-electron chi connectivity index (χ2n) is 5.36. The van der Waals surface area contributed by atoms with Gasteiger partial charge in [0.1, 0.15) is 0 Å². The van der Waals surface area contributed by atoms with Gasteiger partial charge in [-0.1, -0.05) is 26.0 Å². The number of aliphatic carboxylic acids is 1. The van der Waals surface area contributed by atoms with Gasteiger partial charge in [0.25, 0.3) is 0 Å². The summed E-state index contributed by atoms with van der Waals surface area (Å²) in [7, 11) is 0. The standard InChI is InChI=1S/C15H22O2S/c1-5-11(2)12-6-8-13(9-7-12)18-10-15(3,4)14(16)17/h6-9,11H,5,10H2,1-4H3,(H,16,17). The lowest BCUT2D eigenvalue weighted by Gasteiger charge is -2.18. The Morgan fingerprint density at radius 3 is 2.33 bits per heavy atom. The van der Waals surface area contributed by atoms with Crippen LogP contribution in [0.1, 0.15) is 45.6 Å². The fraction of sp³-hybridized carbons (Fsp3) is 0.533. The highest BCUT2D eigenvalue weighted by Gasteiger charge is 2.26. The van der Waals surface area contributed by atoms with Crippen LogP contribution in [0.15, 0.2) is 29.2 Å².